The van der Waals surface area contributed by atoms with E-state index in [4.69, 9.17) is 14.2 Å². The lowest BCUT2D eigenvalue weighted by Gasteiger charge is -2.32. The number of nitrogens with zero attached hydrogens (tertiary/aromatic N) is 2. The summed E-state index contributed by atoms with van der Waals surface area (Å²) in [6.07, 6.45) is 19.5. The number of aliphatic hydroxyl groups excluding tert-OH is 1. The average Bonchev–Trinajstić information content (AvgIpc) is 3.52. The van der Waals surface area contributed by atoms with E-state index >= 15 is 4.39 Å². The van der Waals surface area contributed by atoms with E-state index in [2.05, 4.69) is 32.9 Å². The molecule has 3 heterocycles. The number of aliphatic hydroxyl groups is 1. The maximum absolute atomic E-state index is 15.1. The highest BCUT2D eigenvalue weighted by atomic mass is 19.1. The lowest BCUT2D eigenvalue weighted by atomic mass is 9.97. The second-order valence-electron chi connectivity index (χ2n) is 13.5. The Balaban J connectivity index is 1.49. The fourth-order valence-corrected chi connectivity index (χ4v) is 6.77. The van der Waals surface area contributed by atoms with Gasteiger partial charge in [-0.1, -0.05) is 79.9 Å². The largest absolute Gasteiger partial charge is 0.394 e. The molecule has 252 valence electrons. The molecule has 9 heteroatoms. The van der Waals surface area contributed by atoms with E-state index in [9.17, 15) is 14.7 Å². The number of ether oxygens (including phenoxy) is 3. The molecule has 1 spiro atoms. The Labute approximate surface area is 268 Å². The summed E-state index contributed by atoms with van der Waals surface area (Å²) in [5.41, 5.74) is 2.02. The summed E-state index contributed by atoms with van der Waals surface area (Å²) in [7, 11) is 0. The predicted molar refractivity (Wildman–Crippen MR) is 175 cm³/mol. The molecule has 0 amide bonds. The van der Waals surface area contributed by atoms with Crippen LogP contribution in [0, 0.1) is 5.82 Å². The highest BCUT2D eigenvalue weighted by molar-refractivity contribution is 5.07. The van der Waals surface area contributed by atoms with Crippen LogP contribution in [0.5, 0.6) is 0 Å². The molecular weight excluding hydrogens is 575 g/mol. The zero-order valence-electron chi connectivity index (χ0n) is 27.9. The SMILES string of the molecule is CC(C)=CCCC(C)=CCCC(C)=CCn1c(=O)c(F)cn(C2OC(CO)C3OC4(CCCCCCCCCCC4)OC32)c1=O. The van der Waals surface area contributed by atoms with Crippen molar-refractivity contribution >= 4 is 0 Å². The van der Waals surface area contributed by atoms with E-state index in [1.165, 1.54) is 43.3 Å². The summed E-state index contributed by atoms with van der Waals surface area (Å²) in [6.45, 7) is 7.92. The van der Waals surface area contributed by atoms with Gasteiger partial charge < -0.3 is 19.3 Å². The van der Waals surface area contributed by atoms with Gasteiger partial charge in [-0.2, -0.15) is 4.39 Å². The van der Waals surface area contributed by atoms with Gasteiger partial charge in [-0.05, 0) is 66.2 Å². The molecule has 1 aliphatic carbocycles. The van der Waals surface area contributed by atoms with Crippen LogP contribution in [0.1, 0.15) is 130 Å². The molecule has 3 fully saturated rings. The molecule has 3 aliphatic rings. The Hall–Kier alpha value is -2.33. The number of rotatable bonds is 10. The molecule has 4 rings (SSSR count). The second kappa shape index (κ2) is 17.0. The van der Waals surface area contributed by atoms with E-state index in [1.807, 2.05) is 13.0 Å². The van der Waals surface area contributed by atoms with Crippen molar-refractivity contribution in [2.45, 2.75) is 161 Å². The van der Waals surface area contributed by atoms with E-state index in [0.717, 1.165) is 85.1 Å². The van der Waals surface area contributed by atoms with Gasteiger partial charge in [-0.25, -0.2) is 4.79 Å². The Morgan fingerprint density at radius 1 is 0.867 bits per heavy atom. The Kier molecular flexibility index (Phi) is 13.4. The molecular formula is C36H55FN2O6. The molecule has 4 atom stereocenters. The van der Waals surface area contributed by atoms with Gasteiger partial charge in [0.25, 0.3) is 5.56 Å². The molecule has 1 saturated carbocycles. The summed E-state index contributed by atoms with van der Waals surface area (Å²) in [5.74, 6) is -1.86. The standard InChI is InChI=1S/C36H55FN2O6/c1-26(2)16-14-17-27(3)18-15-19-28(4)20-23-38-33(41)29(37)24-39(35(38)42)34-32-31(30(25-40)43-34)44-36(45-32)21-12-10-8-6-5-7-9-11-13-22-36/h16,18,20,24,30-32,34,40H,5-15,17,19,21-23,25H2,1-4H3. The number of hydrogen-bond acceptors (Lipinski definition) is 6. The predicted octanol–water partition coefficient (Wildman–Crippen LogP) is 7.24. The van der Waals surface area contributed by atoms with Gasteiger partial charge in [0.15, 0.2) is 12.0 Å². The van der Waals surface area contributed by atoms with Crippen LogP contribution in [-0.2, 0) is 20.8 Å². The Morgan fingerprint density at radius 2 is 1.42 bits per heavy atom. The molecule has 0 aromatic carbocycles. The van der Waals surface area contributed by atoms with Crippen LogP contribution < -0.4 is 11.2 Å². The van der Waals surface area contributed by atoms with E-state index < -0.39 is 47.4 Å². The van der Waals surface area contributed by atoms with Crippen molar-refractivity contribution in [2.24, 2.45) is 0 Å². The fraction of sp³-hybridized carbons (Fsp3) is 0.722. The third kappa shape index (κ3) is 9.60. The second-order valence-corrected chi connectivity index (χ2v) is 13.5. The van der Waals surface area contributed by atoms with Crippen molar-refractivity contribution in [1.29, 1.82) is 0 Å². The fourth-order valence-electron chi connectivity index (χ4n) is 6.77. The van der Waals surface area contributed by atoms with Crippen LogP contribution >= 0.6 is 0 Å². The summed E-state index contributed by atoms with van der Waals surface area (Å²) in [5, 5.41) is 10.2. The molecule has 4 unspecified atom stereocenters. The molecule has 0 radical (unpaired) electrons. The van der Waals surface area contributed by atoms with Gasteiger partial charge in [0.05, 0.1) is 12.8 Å². The molecule has 45 heavy (non-hydrogen) atoms. The Bertz CT molecular complexity index is 1310. The quantitative estimate of drug-likeness (QED) is 0.274. The van der Waals surface area contributed by atoms with Crippen molar-refractivity contribution in [1.82, 2.24) is 9.13 Å². The smallest absolute Gasteiger partial charge is 0.333 e. The lowest BCUT2D eigenvalue weighted by molar-refractivity contribution is -0.228. The lowest BCUT2D eigenvalue weighted by Crippen LogP contribution is -2.44. The van der Waals surface area contributed by atoms with Crippen LogP contribution in [0.3, 0.4) is 0 Å². The summed E-state index contributed by atoms with van der Waals surface area (Å²) in [4.78, 5) is 26.5. The highest BCUT2D eigenvalue weighted by Crippen LogP contribution is 2.47. The van der Waals surface area contributed by atoms with Gasteiger partial charge in [0.1, 0.15) is 18.3 Å². The monoisotopic (exact) mass is 630 g/mol. The van der Waals surface area contributed by atoms with Crippen LogP contribution in [0.25, 0.3) is 0 Å². The molecule has 1 aromatic rings. The normalized spacial score (nSPS) is 26.4. The zero-order chi connectivity index (χ0) is 32.4. The van der Waals surface area contributed by atoms with Crippen molar-refractivity contribution in [3.8, 4) is 0 Å². The van der Waals surface area contributed by atoms with Crippen LogP contribution in [0.2, 0.25) is 0 Å². The van der Waals surface area contributed by atoms with Gasteiger partial charge in [0.2, 0.25) is 5.82 Å². The minimum atomic E-state index is -1.04. The van der Waals surface area contributed by atoms with Crippen molar-refractivity contribution in [3.05, 3.63) is 67.8 Å². The molecule has 8 nitrogen and oxygen atoms in total. The highest BCUT2D eigenvalue weighted by Gasteiger charge is 2.58. The average molecular weight is 631 g/mol. The van der Waals surface area contributed by atoms with Crippen molar-refractivity contribution in [2.75, 3.05) is 6.61 Å². The summed E-state index contributed by atoms with van der Waals surface area (Å²) < 4.78 is 36.3. The van der Waals surface area contributed by atoms with Gasteiger partial charge in [-0.15, -0.1) is 0 Å². The van der Waals surface area contributed by atoms with E-state index in [0.29, 0.717) is 0 Å². The summed E-state index contributed by atoms with van der Waals surface area (Å²) in [6, 6.07) is 0. The van der Waals surface area contributed by atoms with Gasteiger partial charge >= 0.3 is 5.69 Å². The van der Waals surface area contributed by atoms with Crippen LogP contribution in [-0.4, -0.2) is 44.9 Å². The van der Waals surface area contributed by atoms with Crippen molar-refractivity contribution in [3.63, 3.8) is 0 Å². The topological polar surface area (TPSA) is 91.9 Å². The minimum absolute atomic E-state index is 0.0456. The maximum atomic E-state index is 15.1. The van der Waals surface area contributed by atoms with Gasteiger partial charge in [0, 0.05) is 19.4 Å². The number of halogens is 1. The van der Waals surface area contributed by atoms with Crippen LogP contribution in [0.15, 0.2) is 50.7 Å². The molecule has 0 bridgehead atoms. The zero-order valence-corrected chi connectivity index (χ0v) is 27.9. The van der Waals surface area contributed by atoms with E-state index in [1.54, 1.807) is 0 Å². The van der Waals surface area contributed by atoms with E-state index in [-0.39, 0.29) is 13.2 Å². The third-order valence-corrected chi connectivity index (χ3v) is 9.46. The third-order valence-electron chi connectivity index (χ3n) is 9.46. The molecule has 1 N–H and O–H groups in total. The molecule has 2 saturated heterocycles. The van der Waals surface area contributed by atoms with Crippen LogP contribution in [0.4, 0.5) is 4.39 Å². The first-order chi connectivity index (χ1) is 21.6. The first-order valence-corrected chi connectivity index (χ1v) is 17.2. The molecule has 1 aromatic heterocycles. The molecule has 2 aliphatic heterocycles. The van der Waals surface area contributed by atoms with Crippen molar-refractivity contribution < 1.29 is 23.7 Å². The number of hydrogen-bond donors (Lipinski definition) is 1. The first-order valence-electron chi connectivity index (χ1n) is 17.2. The number of fused-ring (bicyclic) bond motifs is 1. The Morgan fingerprint density at radius 3 is 2.02 bits per heavy atom. The summed E-state index contributed by atoms with van der Waals surface area (Å²) >= 11 is 0. The minimum Gasteiger partial charge on any atom is -0.394 e. The maximum Gasteiger partial charge on any atom is 0.333 e. The number of allylic oxidation sites excluding steroid dienone is 6. The first kappa shape index (κ1) is 35.5. The van der Waals surface area contributed by atoms with Gasteiger partial charge in [-0.3, -0.25) is 13.9 Å². The number of aromatic nitrogens is 2.